The fourth-order valence-corrected chi connectivity index (χ4v) is 6.75. The topological polar surface area (TPSA) is 31.0 Å². The molecule has 7 rings (SSSR count). The van der Waals surface area contributed by atoms with E-state index in [2.05, 4.69) is 37.5 Å². The zero-order valence-corrected chi connectivity index (χ0v) is 29.9. The van der Waals surface area contributed by atoms with Crippen molar-refractivity contribution < 1.29 is 14.3 Å². The van der Waals surface area contributed by atoms with E-state index in [1.165, 1.54) is 13.8 Å². The van der Waals surface area contributed by atoms with Crippen LogP contribution in [0.15, 0.2) is 101 Å². The summed E-state index contributed by atoms with van der Waals surface area (Å²) >= 11 is 0. The molecule has 0 bridgehead atoms. The molecule has 0 atom stereocenters. The van der Waals surface area contributed by atoms with Crippen LogP contribution in [0.4, 0.5) is 4.39 Å². The molecule has 2 heterocycles. The Labute approximate surface area is 295 Å². The summed E-state index contributed by atoms with van der Waals surface area (Å²) in [5.41, 5.74) is 7.14. The number of alkyl halides is 1. The first-order chi connectivity index (χ1) is 24.6. The molecule has 0 fully saturated rings. The number of nitrogens with zero attached hydrogens (tertiary/aromatic N) is 2. The van der Waals surface area contributed by atoms with Gasteiger partial charge < -0.3 is 4.42 Å². The maximum atomic E-state index is 14.7. The van der Waals surface area contributed by atoms with E-state index in [-0.39, 0.29) is 11.0 Å². The number of imidazole rings is 1. The zero-order valence-electron chi connectivity index (χ0n) is 33.9. The molecule has 0 aliphatic heterocycles. The molecule has 0 saturated heterocycles. The van der Waals surface area contributed by atoms with E-state index in [0.717, 1.165) is 60.9 Å². The molecule has 0 aliphatic rings. The van der Waals surface area contributed by atoms with E-state index in [0.29, 0.717) is 17.0 Å². The first kappa shape index (κ1) is 28.2. The third kappa shape index (κ3) is 6.07. The van der Waals surface area contributed by atoms with Crippen LogP contribution in [0.2, 0.25) is 0 Å². The summed E-state index contributed by atoms with van der Waals surface area (Å²) in [7, 11) is 0. The molecule has 0 radical (unpaired) electrons. The third-order valence-electron chi connectivity index (χ3n) is 9.24. The van der Waals surface area contributed by atoms with Crippen molar-refractivity contribution in [1.29, 1.82) is 0 Å². The average molecular weight is 655 g/mol. The van der Waals surface area contributed by atoms with E-state index in [1.807, 2.05) is 100 Å². The highest BCUT2D eigenvalue weighted by Gasteiger charge is 2.27. The lowest BCUT2D eigenvalue weighted by molar-refractivity contribution is 0.217. The van der Waals surface area contributed by atoms with Crippen molar-refractivity contribution in [2.24, 2.45) is 0 Å². The van der Waals surface area contributed by atoms with Crippen molar-refractivity contribution in [3.05, 3.63) is 119 Å². The maximum absolute atomic E-state index is 14.7. The third-order valence-corrected chi connectivity index (χ3v) is 9.24. The number of hydrogen-bond acceptors (Lipinski definition) is 2. The average Bonchev–Trinajstić information content (AvgIpc) is 3.64. The molecule has 3 nitrogen and oxygen atoms in total. The molecule has 49 heavy (non-hydrogen) atoms. The molecule has 4 heteroatoms. The second-order valence-electron chi connectivity index (χ2n) is 15.1. The molecule has 0 unspecified atom stereocenters. The standard InChI is InChI=1S/C45H47FN2O/c1-27(2)36-24-32(44(5,6)7)25-37(28(3)4)41(36)48-39-16-11-10-15-38(39)47-43(48)35-14-12-13-34-33-22-21-31(23-40(33)49-42(34)35)30-19-17-29(18-20-30)26-45(8,9)46/h10-25,27-28H,26H2,1-9H3/i26D2,27D,28D. The zero-order chi connectivity index (χ0) is 38.5. The fraction of sp³-hybridized carbons (Fsp3) is 0.311. The van der Waals surface area contributed by atoms with Gasteiger partial charge in [-0.3, -0.25) is 4.57 Å². The van der Waals surface area contributed by atoms with Crippen LogP contribution in [0.5, 0.6) is 0 Å². The number of hydrogen-bond donors (Lipinski definition) is 0. The normalized spacial score (nSPS) is 14.7. The summed E-state index contributed by atoms with van der Waals surface area (Å²) in [5, 5.41) is 1.87. The van der Waals surface area contributed by atoms with E-state index in [1.54, 1.807) is 12.1 Å². The van der Waals surface area contributed by atoms with Gasteiger partial charge in [-0.25, -0.2) is 9.37 Å². The molecule has 2 aromatic heterocycles. The smallest absolute Gasteiger partial charge is 0.149 e. The van der Waals surface area contributed by atoms with Crippen molar-refractivity contribution in [2.75, 3.05) is 0 Å². The van der Waals surface area contributed by atoms with Gasteiger partial charge in [0, 0.05) is 22.6 Å². The highest BCUT2D eigenvalue weighted by molar-refractivity contribution is 6.10. The number of benzene rings is 5. The minimum Gasteiger partial charge on any atom is -0.455 e. The summed E-state index contributed by atoms with van der Waals surface area (Å²) in [6.45, 7) is 16.6. The van der Waals surface area contributed by atoms with Crippen LogP contribution in [-0.4, -0.2) is 15.2 Å². The molecule has 0 aliphatic carbocycles. The van der Waals surface area contributed by atoms with Gasteiger partial charge in [-0.2, -0.15) is 0 Å². The lowest BCUT2D eigenvalue weighted by Gasteiger charge is -2.28. The molecular formula is C45H47FN2O. The van der Waals surface area contributed by atoms with Gasteiger partial charge in [-0.1, -0.05) is 115 Å². The second-order valence-corrected chi connectivity index (χ2v) is 15.1. The van der Waals surface area contributed by atoms with E-state index < -0.39 is 23.8 Å². The molecule has 7 aromatic rings. The number of aromatic nitrogens is 2. The lowest BCUT2D eigenvalue weighted by Crippen LogP contribution is -2.16. The summed E-state index contributed by atoms with van der Waals surface area (Å²) in [6, 6.07) is 31.3. The number of fused-ring (bicyclic) bond motifs is 4. The fourth-order valence-electron chi connectivity index (χ4n) is 6.75. The minimum atomic E-state index is -2.13. The largest absolute Gasteiger partial charge is 0.455 e. The monoisotopic (exact) mass is 654 g/mol. The number of halogens is 1. The summed E-state index contributed by atoms with van der Waals surface area (Å²) < 4.78 is 59.0. The van der Waals surface area contributed by atoms with Gasteiger partial charge in [0.2, 0.25) is 0 Å². The Balaban J connectivity index is 1.46. The number of furan rings is 1. The Morgan fingerprint density at radius 2 is 1.43 bits per heavy atom. The maximum Gasteiger partial charge on any atom is 0.149 e. The van der Waals surface area contributed by atoms with Crippen LogP contribution < -0.4 is 0 Å². The Bertz CT molecular complexity index is 2480. The van der Waals surface area contributed by atoms with Crippen molar-refractivity contribution >= 4 is 33.0 Å². The van der Waals surface area contributed by atoms with Crippen LogP contribution in [0, 0.1) is 0 Å². The van der Waals surface area contributed by atoms with Crippen LogP contribution in [0.3, 0.4) is 0 Å². The molecule has 0 spiro atoms. The Kier molecular flexibility index (Phi) is 6.91. The molecular weight excluding hydrogens is 604 g/mol. The lowest BCUT2D eigenvalue weighted by atomic mass is 9.81. The molecule has 0 amide bonds. The number of para-hydroxylation sites is 3. The molecule has 0 saturated carbocycles. The summed E-state index contributed by atoms with van der Waals surface area (Å²) in [5.74, 6) is -1.33. The summed E-state index contributed by atoms with van der Waals surface area (Å²) in [6.07, 6.45) is -2.13. The van der Waals surface area contributed by atoms with Crippen molar-refractivity contribution in [3.8, 4) is 28.2 Å². The van der Waals surface area contributed by atoms with Crippen LogP contribution in [0.25, 0.3) is 61.2 Å². The van der Waals surface area contributed by atoms with Gasteiger partial charge in [0.1, 0.15) is 22.7 Å². The molecule has 0 N–H and O–H groups in total. The first-order valence-corrected chi connectivity index (χ1v) is 17.0. The summed E-state index contributed by atoms with van der Waals surface area (Å²) in [4.78, 5) is 5.23. The van der Waals surface area contributed by atoms with Crippen LogP contribution in [0.1, 0.15) is 102 Å². The Morgan fingerprint density at radius 3 is 2.06 bits per heavy atom. The predicted octanol–water partition coefficient (Wildman–Crippen LogP) is 13.1. The van der Waals surface area contributed by atoms with Crippen molar-refractivity contribution in [1.82, 2.24) is 9.55 Å². The van der Waals surface area contributed by atoms with Crippen LogP contribution >= 0.6 is 0 Å². The van der Waals surface area contributed by atoms with E-state index in [4.69, 9.17) is 12.1 Å². The Hall–Kier alpha value is -4.70. The van der Waals surface area contributed by atoms with Gasteiger partial charge in [-0.15, -0.1) is 0 Å². The van der Waals surface area contributed by atoms with E-state index >= 15 is 0 Å². The number of rotatable bonds is 7. The van der Waals surface area contributed by atoms with Gasteiger partial charge in [0.25, 0.3) is 0 Å². The van der Waals surface area contributed by atoms with Gasteiger partial charge in [-0.05, 0) is 94.8 Å². The van der Waals surface area contributed by atoms with Gasteiger partial charge in [0.15, 0.2) is 0 Å². The SMILES string of the molecule is [2H]C(C)(C)c1cc(C(C)(C)C)cc(C([2H])(C)C)c1-n1c(-c2cccc3c2oc2cc(-c4ccc(C([2H])([2H])C(C)(C)F)cc4)ccc23)nc2ccccc21. The highest BCUT2D eigenvalue weighted by Crippen LogP contribution is 2.43. The van der Waals surface area contributed by atoms with Crippen molar-refractivity contribution in [3.63, 3.8) is 0 Å². The van der Waals surface area contributed by atoms with Crippen molar-refractivity contribution in [2.45, 2.75) is 91.6 Å². The quantitative estimate of drug-likeness (QED) is 0.171. The van der Waals surface area contributed by atoms with E-state index in [9.17, 15) is 7.13 Å². The highest BCUT2D eigenvalue weighted by atomic mass is 19.1. The Morgan fingerprint density at radius 1 is 0.776 bits per heavy atom. The van der Waals surface area contributed by atoms with Gasteiger partial charge >= 0.3 is 0 Å². The molecule has 250 valence electrons. The molecule has 5 aromatic carbocycles. The predicted molar refractivity (Wildman–Crippen MR) is 205 cm³/mol. The first-order valence-electron chi connectivity index (χ1n) is 19.0. The van der Waals surface area contributed by atoms with Gasteiger partial charge in [0.05, 0.1) is 22.3 Å². The minimum absolute atomic E-state index is 0.196. The van der Waals surface area contributed by atoms with Crippen LogP contribution in [-0.2, 0) is 11.8 Å². The second kappa shape index (κ2) is 12.0.